The number of allylic oxidation sites excluding steroid dienone is 1. The van der Waals surface area contributed by atoms with Crippen molar-refractivity contribution >= 4 is 28.0 Å². The minimum Gasteiger partial charge on any atom is -0.492 e. The van der Waals surface area contributed by atoms with Gasteiger partial charge >= 0.3 is 0 Å². The molecule has 5 rings (SSSR count). The van der Waals surface area contributed by atoms with Gasteiger partial charge < -0.3 is 15.0 Å². The zero-order valence-electron chi connectivity index (χ0n) is 21.8. The first-order valence-electron chi connectivity index (χ1n) is 13.3. The number of aromatic amines is 1. The largest absolute Gasteiger partial charge is 0.492 e. The van der Waals surface area contributed by atoms with Gasteiger partial charge in [-0.1, -0.05) is 61.5 Å². The molecule has 2 heterocycles. The molecule has 0 radical (unpaired) electrons. The summed E-state index contributed by atoms with van der Waals surface area (Å²) < 4.78 is 5.97. The van der Waals surface area contributed by atoms with E-state index in [4.69, 9.17) is 4.74 Å². The number of carbonyl (C=O) groups is 1. The molecule has 0 spiro atoms. The molecule has 4 aromatic rings. The topological polar surface area (TPSA) is 70.2 Å². The van der Waals surface area contributed by atoms with Crippen molar-refractivity contribution in [3.05, 3.63) is 108 Å². The van der Waals surface area contributed by atoms with Gasteiger partial charge in [-0.2, -0.15) is 5.10 Å². The van der Waals surface area contributed by atoms with Crippen LogP contribution in [0.3, 0.4) is 0 Å². The van der Waals surface area contributed by atoms with Crippen molar-refractivity contribution in [1.29, 1.82) is 0 Å². The fourth-order valence-corrected chi connectivity index (χ4v) is 4.72. The highest BCUT2D eigenvalue weighted by molar-refractivity contribution is 6.00. The minimum atomic E-state index is 0.103. The number of nitrogens with zero attached hydrogens (tertiary/aromatic N) is 2. The third kappa shape index (κ3) is 6.03. The number of ether oxygens (including phenoxy) is 1. The summed E-state index contributed by atoms with van der Waals surface area (Å²) >= 11 is 0. The summed E-state index contributed by atoms with van der Waals surface area (Å²) in [6, 6.07) is 25.4. The van der Waals surface area contributed by atoms with E-state index in [1.807, 2.05) is 29.3 Å². The van der Waals surface area contributed by atoms with Crippen LogP contribution in [0.15, 0.2) is 91.1 Å². The molecular formula is C32H34N4O2. The average Bonchev–Trinajstić information content (AvgIpc) is 3.39. The lowest BCUT2D eigenvalue weighted by molar-refractivity contribution is -0.129. The van der Waals surface area contributed by atoms with E-state index in [0.29, 0.717) is 19.7 Å². The van der Waals surface area contributed by atoms with Crippen LogP contribution in [0.5, 0.6) is 5.75 Å². The second-order valence-corrected chi connectivity index (χ2v) is 9.40. The lowest BCUT2D eigenvalue weighted by Crippen LogP contribution is -2.41. The second kappa shape index (κ2) is 12.4. The summed E-state index contributed by atoms with van der Waals surface area (Å²) in [5.41, 5.74) is 7.08. The number of benzene rings is 3. The van der Waals surface area contributed by atoms with Crippen molar-refractivity contribution in [2.75, 3.05) is 32.8 Å². The number of likely N-dealkylation sites (tertiary alicyclic amines) is 1. The maximum Gasteiger partial charge on any atom is 0.246 e. The van der Waals surface area contributed by atoms with Crippen molar-refractivity contribution in [1.82, 2.24) is 20.4 Å². The summed E-state index contributed by atoms with van der Waals surface area (Å²) in [7, 11) is 0. The first-order chi connectivity index (χ1) is 18.7. The van der Waals surface area contributed by atoms with E-state index in [1.54, 1.807) is 6.08 Å². The highest BCUT2D eigenvalue weighted by Gasteiger charge is 2.17. The Morgan fingerprint density at radius 2 is 1.82 bits per heavy atom. The maximum absolute atomic E-state index is 11.8. The lowest BCUT2D eigenvalue weighted by atomic mass is 9.88. The Labute approximate surface area is 224 Å². The van der Waals surface area contributed by atoms with Gasteiger partial charge in [0.15, 0.2) is 0 Å². The first-order valence-corrected chi connectivity index (χ1v) is 13.3. The zero-order chi connectivity index (χ0) is 26.2. The quantitative estimate of drug-likeness (QED) is 0.156. The number of fused-ring (bicyclic) bond motifs is 1. The van der Waals surface area contributed by atoms with Gasteiger partial charge in [0, 0.05) is 37.6 Å². The number of H-pyrrole nitrogens is 1. The van der Waals surface area contributed by atoms with Crippen molar-refractivity contribution < 1.29 is 9.53 Å². The Morgan fingerprint density at radius 1 is 1.03 bits per heavy atom. The number of hydrogen-bond acceptors (Lipinski definition) is 4. The van der Waals surface area contributed by atoms with Gasteiger partial charge in [-0.15, -0.1) is 0 Å². The molecule has 0 saturated carbocycles. The molecule has 1 aromatic heterocycles. The number of amides is 1. The highest BCUT2D eigenvalue weighted by Crippen LogP contribution is 2.36. The Hall–Kier alpha value is -4.16. The van der Waals surface area contributed by atoms with E-state index in [0.717, 1.165) is 53.7 Å². The molecule has 0 bridgehead atoms. The minimum absolute atomic E-state index is 0.103. The van der Waals surface area contributed by atoms with Crippen molar-refractivity contribution in [2.24, 2.45) is 0 Å². The van der Waals surface area contributed by atoms with Gasteiger partial charge in [0.05, 0.1) is 11.7 Å². The SMILES string of the molecule is CC/C(=C(/c1ccc(OCCNC/C=C/C(=O)N2CCC2)cc1)c1ccc2[nH]ncc2c1)c1ccccc1. The normalized spacial score (nSPS) is 14.0. The van der Waals surface area contributed by atoms with Gasteiger partial charge in [0.2, 0.25) is 5.91 Å². The second-order valence-electron chi connectivity index (χ2n) is 9.40. The standard InChI is InChI=1S/C32H34N4O2/c1-2-29(24-8-4-3-5-9-24)32(26-13-16-30-27(22-26)23-34-35-30)25-11-14-28(15-12-25)38-21-18-33-17-6-10-31(37)36-19-7-20-36/h3-6,8-16,22-23,33H,2,7,17-21H2,1H3,(H,34,35)/b10-6+,32-29+. The molecule has 0 unspecified atom stereocenters. The lowest BCUT2D eigenvalue weighted by Gasteiger charge is -2.29. The van der Waals surface area contributed by atoms with Gasteiger partial charge in [0.25, 0.3) is 0 Å². The zero-order valence-corrected chi connectivity index (χ0v) is 21.8. The van der Waals surface area contributed by atoms with Crippen LogP contribution >= 0.6 is 0 Å². The Bertz CT molecular complexity index is 1420. The summed E-state index contributed by atoms with van der Waals surface area (Å²) in [4.78, 5) is 13.7. The Balaban J connectivity index is 1.27. The number of hydrogen-bond donors (Lipinski definition) is 2. The molecule has 194 valence electrons. The van der Waals surface area contributed by atoms with Crippen molar-refractivity contribution in [3.8, 4) is 5.75 Å². The predicted octanol–water partition coefficient (Wildman–Crippen LogP) is 5.69. The van der Waals surface area contributed by atoms with Gasteiger partial charge in [0.1, 0.15) is 12.4 Å². The molecule has 0 atom stereocenters. The summed E-state index contributed by atoms with van der Waals surface area (Å²) in [5.74, 6) is 0.937. The third-order valence-electron chi connectivity index (χ3n) is 6.89. The summed E-state index contributed by atoms with van der Waals surface area (Å²) in [6.45, 7) is 5.87. The van der Waals surface area contributed by atoms with E-state index in [2.05, 4.69) is 83.1 Å². The van der Waals surface area contributed by atoms with Crippen molar-refractivity contribution in [3.63, 3.8) is 0 Å². The molecule has 1 amide bonds. The monoisotopic (exact) mass is 506 g/mol. The van der Waals surface area contributed by atoms with Crippen LogP contribution in [0.25, 0.3) is 22.0 Å². The Kier molecular flexibility index (Phi) is 8.31. The molecule has 3 aromatic carbocycles. The van der Waals surface area contributed by atoms with Gasteiger partial charge in [-0.25, -0.2) is 0 Å². The smallest absolute Gasteiger partial charge is 0.246 e. The maximum atomic E-state index is 11.8. The molecule has 2 N–H and O–H groups in total. The predicted molar refractivity (Wildman–Crippen MR) is 154 cm³/mol. The van der Waals surface area contributed by atoms with E-state index >= 15 is 0 Å². The number of aromatic nitrogens is 2. The van der Waals surface area contributed by atoms with Gasteiger partial charge in [-0.3, -0.25) is 9.89 Å². The molecule has 1 saturated heterocycles. The average molecular weight is 507 g/mol. The van der Waals surface area contributed by atoms with Crippen LogP contribution in [-0.4, -0.2) is 53.8 Å². The Morgan fingerprint density at radius 3 is 2.55 bits per heavy atom. The van der Waals surface area contributed by atoms with E-state index in [-0.39, 0.29) is 5.91 Å². The van der Waals surface area contributed by atoms with Crippen LogP contribution in [0.2, 0.25) is 0 Å². The number of rotatable bonds is 11. The molecule has 0 aliphatic carbocycles. The molecule has 1 aliphatic rings. The molecule has 1 aliphatic heterocycles. The van der Waals surface area contributed by atoms with Crippen molar-refractivity contribution in [2.45, 2.75) is 19.8 Å². The van der Waals surface area contributed by atoms with Crippen LogP contribution in [-0.2, 0) is 4.79 Å². The third-order valence-corrected chi connectivity index (χ3v) is 6.89. The van der Waals surface area contributed by atoms with Crippen LogP contribution in [0.4, 0.5) is 0 Å². The van der Waals surface area contributed by atoms with Crippen LogP contribution in [0.1, 0.15) is 36.5 Å². The molecule has 6 nitrogen and oxygen atoms in total. The molecular weight excluding hydrogens is 472 g/mol. The van der Waals surface area contributed by atoms with E-state index in [9.17, 15) is 4.79 Å². The number of carbonyl (C=O) groups excluding carboxylic acids is 1. The summed E-state index contributed by atoms with van der Waals surface area (Å²) in [5, 5.41) is 11.6. The van der Waals surface area contributed by atoms with Crippen LogP contribution in [0, 0.1) is 0 Å². The summed E-state index contributed by atoms with van der Waals surface area (Å²) in [6.07, 6.45) is 7.42. The fourth-order valence-electron chi connectivity index (χ4n) is 4.72. The molecule has 6 heteroatoms. The van der Waals surface area contributed by atoms with Gasteiger partial charge in [-0.05, 0) is 64.9 Å². The van der Waals surface area contributed by atoms with Crippen LogP contribution < -0.4 is 10.1 Å². The number of nitrogens with one attached hydrogen (secondary N) is 2. The van der Waals surface area contributed by atoms with E-state index < -0.39 is 0 Å². The fraction of sp³-hybridized carbons (Fsp3) is 0.250. The highest BCUT2D eigenvalue weighted by atomic mass is 16.5. The first kappa shape index (κ1) is 25.5. The van der Waals surface area contributed by atoms with E-state index in [1.165, 1.54) is 16.7 Å². The molecule has 38 heavy (non-hydrogen) atoms. The molecule has 1 fully saturated rings.